The van der Waals surface area contributed by atoms with E-state index in [1.807, 2.05) is 24.3 Å². The van der Waals surface area contributed by atoms with Gasteiger partial charge in [0, 0.05) is 11.0 Å². The topological polar surface area (TPSA) is 55.1 Å². The van der Waals surface area contributed by atoms with Gasteiger partial charge >= 0.3 is 0 Å². The van der Waals surface area contributed by atoms with E-state index in [9.17, 15) is 4.79 Å². The fourth-order valence-electron chi connectivity index (χ4n) is 1.79. The Hall–Kier alpha value is -0.870. The Kier molecular flexibility index (Phi) is 3.30. The first-order chi connectivity index (χ1) is 7.60. The molecule has 1 aliphatic carbocycles. The van der Waals surface area contributed by atoms with E-state index in [2.05, 4.69) is 21.2 Å². The standard InChI is InChI=1S/C12H15BrN2O/c13-10-4-1-3-9(7-10)8-15-11(16)12(14)5-2-6-12/h1,3-4,7H,2,5-6,8,14H2,(H,15,16). The first-order valence-corrected chi connectivity index (χ1v) is 6.21. The minimum Gasteiger partial charge on any atom is -0.350 e. The molecule has 0 saturated heterocycles. The van der Waals surface area contributed by atoms with Crippen molar-refractivity contribution in [1.82, 2.24) is 5.32 Å². The minimum atomic E-state index is -0.605. The quantitative estimate of drug-likeness (QED) is 0.890. The van der Waals surface area contributed by atoms with Crippen molar-refractivity contribution in [2.75, 3.05) is 0 Å². The summed E-state index contributed by atoms with van der Waals surface area (Å²) in [5.74, 6) is -0.0290. The van der Waals surface area contributed by atoms with Crippen molar-refractivity contribution in [3.63, 3.8) is 0 Å². The summed E-state index contributed by atoms with van der Waals surface area (Å²) in [4.78, 5) is 11.8. The Morgan fingerprint density at radius 2 is 2.25 bits per heavy atom. The van der Waals surface area contributed by atoms with Gasteiger partial charge in [0.05, 0.1) is 5.54 Å². The molecule has 1 aromatic rings. The third-order valence-electron chi connectivity index (χ3n) is 3.04. The van der Waals surface area contributed by atoms with Crippen molar-refractivity contribution in [2.45, 2.75) is 31.3 Å². The van der Waals surface area contributed by atoms with Crippen molar-refractivity contribution in [3.05, 3.63) is 34.3 Å². The maximum Gasteiger partial charge on any atom is 0.240 e. The van der Waals surface area contributed by atoms with Crippen molar-refractivity contribution in [3.8, 4) is 0 Å². The number of nitrogens with two attached hydrogens (primary N) is 1. The second-order valence-corrected chi connectivity index (χ2v) is 5.24. The number of carbonyl (C=O) groups excluding carboxylic acids is 1. The van der Waals surface area contributed by atoms with E-state index in [1.54, 1.807) is 0 Å². The second kappa shape index (κ2) is 4.55. The lowest BCUT2D eigenvalue weighted by atomic mass is 9.77. The van der Waals surface area contributed by atoms with Gasteiger partial charge in [-0.15, -0.1) is 0 Å². The fourth-order valence-corrected chi connectivity index (χ4v) is 2.24. The van der Waals surface area contributed by atoms with Crippen LogP contribution in [0.15, 0.2) is 28.7 Å². The number of benzene rings is 1. The zero-order chi connectivity index (χ0) is 11.6. The first kappa shape index (κ1) is 11.6. The van der Waals surface area contributed by atoms with E-state index in [4.69, 9.17) is 5.73 Å². The second-order valence-electron chi connectivity index (χ2n) is 4.32. The van der Waals surface area contributed by atoms with Gasteiger partial charge in [-0.25, -0.2) is 0 Å². The molecule has 3 nitrogen and oxygen atoms in total. The van der Waals surface area contributed by atoms with Crippen molar-refractivity contribution < 1.29 is 4.79 Å². The summed E-state index contributed by atoms with van der Waals surface area (Å²) < 4.78 is 1.02. The van der Waals surface area contributed by atoms with Crippen LogP contribution in [0.5, 0.6) is 0 Å². The number of amides is 1. The van der Waals surface area contributed by atoms with Crippen molar-refractivity contribution in [1.29, 1.82) is 0 Å². The van der Waals surface area contributed by atoms with Crippen LogP contribution >= 0.6 is 15.9 Å². The average Bonchev–Trinajstić information content (AvgIpc) is 2.22. The van der Waals surface area contributed by atoms with E-state index in [0.29, 0.717) is 6.54 Å². The molecule has 86 valence electrons. The van der Waals surface area contributed by atoms with Gasteiger partial charge in [0.2, 0.25) is 5.91 Å². The smallest absolute Gasteiger partial charge is 0.240 e. The average molecular weight is 283 g/mol. The molecule has 1 saturated carbocycles. The molecule has 0 heterocycles. The highest BCUT2D eigenvalue weighted by Crippen LogP contribution is 2.29. The van der Waals surface area contributed by atoms with Crippen molar-refractivity contribution in [2.24, 2.45) is 5.73 Å². The number of halogens is 1. The Labute approximate surface area is 104 Å². The molecule has 0 aliphatic heterocycles. The molecule has 0 atom stereocenters. The predicted octanol–water partition coefficient (Wildman–Crippen LogP) is 1.95. The molecule has 16 heavy (non-hydrogen) atoms. The van der Waals surface area contributed by atoms with Crippen LogP contribution in [0.1, 0.15) is 24.8 Å². The van der Waals surface area contributed by atoms with Gasteiger partial charge in [-0.1, -0.05) is 28.1 Å². The molecular formula is C12H15BrN2O. The molecule has 2 rings (SSSR count). The third-order valence-corrected chi connectivity index (χ3v) is 3.53. The molecule has 1 aliphatic rings. The zero-order valence-electron chi connectivity index (χ0n) is 9.00. The van der Waals surface area contributed by atoms with Gasteiger partial charge in [0.15, 0.2) is 0 Å². The highest BCUT2D eigenvalue weighted by atomic mass is 79.9. The van der Waals surface area contributed by atoms with Gasteiger partial charge < -0.3 is 11.1 Å². The Bertz CT molecular complexity index is 402. The highest BCUT2D eigenvalue weighted by molar-refractivity contribution is 9.10. The molecule has 0 unspecified atom stereocenters. The van der Waals surface area contributed by atoms with Crippen LogP contribution in [0.2, 0.25) is 0 Å². The van der Waals surface area contributed by atoms with Crippen molar-refractivity contribution >= 4 is 21.8 Å². The van der Waals surface area contributed by atoms with Crippen LogP contribution < -0.4 is 11.1 Å². The Morgan fingerprint density at radius 3 is 2.81 bits per heavy atom. The Balaban J connectivity index is 1.90. The van der Waals surface area contributed by atoms with Gasteiger partial charge in [0.1, 0.15) is 0 Å². The normalized spacial score (nSPS) is 17.6. The van der Waals surface area contributed by atoms with E-state index >= 15 is 0 Å². The van der Waals surface area contributed by atoms with Crippen LogP contribution in [0, 0.1) is 0 Å². The lowest BCUT2D eigenvalue weighted by molar-refractivity contribution is -0.129. The SMILES string of the molecule is NC1(C(=O)NCc2cccc(Br)c2)CCC1. The maximum atomic E-state index is 11.8. The van der Waals surface area contributed by atoms with E-state index in [0.717, 1.165) is 29.3 Å². The van der Waals surface area contributed by atoms with E-state index in [-0.39, 0.29) is 5.91 Å². The predicted molar refractivity (Wildman–Crippen MR) is 66.8 cm³/mol. The van der Waals surface area contributed by atoms with Gasteiger partial charge in [-0.2, -0.15) is 0 Å². The lowest BCUT2D eigenvalue weighted by Crippen LogP contribution is -2.58. The largest absolute Gasteiger partial charge is 0.350 e. The molecule has 1 fully saturated rings. The monoisotopic (exact) mass is 282 g/mol. The van der Waals surface area contributed by atoms with Crippen LogP contribution in [0.4, 0.5) is 0 Å². The van der Waals surface area contributed by atoms with Crippen LogP contribution in [0.3, 0.4) is 0 Å². The summed E-state index contributed by atoms with van der Waals surface area (Å²) in [6.07, 6.45) is 2.66. The summed E-state index contributed by atoms with van der Waals surface area (Å²) in [6.45, 7) is 0.539. The number of carbonyl (C=O) groups is 1. The maximum absolute atomic E-state index is 11.8. The molecular weight excluding hydrogens is 268 g/mol. The zero-order valence-corrected chi connectivity index (χ0v) is 10.6. The van der Waals surface area contributed by atoms with Crippen LogP contribution in [-0.4, -0.2) is 11.4 Å². The summed E-state index contributed by atoms with van der Waals surface area (Å²) in [5, 5.41) is 2.88. The van der Waals surface area contributed by atoms with Crippen LogP contribution in [-0.2, 0) is 11.3 Å². The van der Waals surface area contributed by atoms with E-state index in [1.165, 1.54) is 0 Å². The minimum absolute atomic E-state index is 0.0290. The Morgan fingerprint density at radius 1 is 1.50 bits per heavy atom. The molecule has 1 amide bonds. The molecule has 0 radical (unpaired) electrons. The third kappa shape index (κ3) is 2.44. The van der Waals surface area contributed by atoms with Gasteiger partial charge in [-0.3, -0.25) is 4.79 Å². The fraction of sp³-hybridized carbons (Fsp3) is 0.417. The molecule has 4 heteroatoms. The summed E-state index contributed by atoms with van der Waals surface area (Å²) >= 11 is 3.40. The number of nitrogens with one attached hydrogen (secondary N) is 1. The van der Waals surface area contributed by atoms with Crippen LogP contribution in [0.25, 0.3) is 0 Å². The number of hydrogen-bond acceptors (Lipinski definition) is 2. The molecule has 0 bridgehead atoms. The molecule has 3 N–H and O–H groups in total. The number of hydrogen-bond donors (Lipinski definition) is 2. The molecule has 0 spiro atoms. The summed E-state index contributed by atoms with van der Waals surface area (Å²) in [7, 11) is 0. The number of rotatable bonds is 3. The highest BCUT2D eigenvalue weighted by Gasteiger charge is 2.39. The molecule has 0 aromatic heterocycles. The molecule has 1 aromatic carbocycles. The summed E-state index contributed by atoms with van der Waals surface area (Å²) in [5.41, 5.74) is 6.39. The van der Waals surface area contributed by atoms with E-state index < -0.39 is 5.54 Å². The first-order valence-electron chi connectivity index (χ1n) is 5.42. The van der Waals surface area contributed by atoms with Gasteiger partial charge in [-0.05, 0) is 37.0 Å². The summed E-state index contributed by atoms with van der Waals surface area (Å²) in [6, 6.07) is 7.88. The van der Waals surface area contributed by atoms with Gasteiger partial charge in [0.25, 0.3) is 0 Å². The lowest BCUT2D eigenvalue weighted by Gasteiger charge is -2.36.